The van der Waals surface area contributed by atoms with Crippen molar-refractivity contribution in [1.29, 1.82) is 0 Å². The van der Waals surface area contributed by atoms with Crippen molar-refractivity contribution in [2.24, 2.45) is 5.73 Å². The third kappa shape index (κ3) is 4.14. The van der Waals surface area contributed by atoms with Gasteiger partial charge in [-0.05, 0) is 36.4 Å². The monoisotopic (exact) mass is 380 g/mol. The minimum absolute atomic E-state index is 0.133. The summed E-state index contributed by atoms with van der Waals surface area (Å²) in [7, 11) is 0. The highest BCUT2D eigenvalue weighted by atomic mass is 16.3. The van der Waals surface area contributed by atoms with Gasteiger partial charge in [-0.2, -0.15) is 4.68 Å². The van der Waals surface area contributed by atoms with Crippen molar-refractivity contribution in [2.75, 3.05) is 6.54 Å². The van der Waals surface area contributed by atoms with Crippen molar-refractivity contribution < 1.29 is 14.0 Å². The molecule has 28 heavy (non-hydrogen) atoms. The average molecular weight is 380 g/mol. The molecule has 9 nitrogen and oxygen atoms in total. The molecule has 3 rings (SSSR count). The molecule has 0 unspecified atom stereocenters. The third-order valence-corrected chi connectivity index (χ3v) is 3.98. The summed E-state index contributed by atoms with van der Waals surface area (Å²) < 4.78 is 6.69. The van der Waals surface area contributed by atoms with Crippen LogP contribution in [0.15, 0.2) is 53.1 Å². The molecule has 2 heterocycles. The Balaban J connectivity index is 2.11. The Morgan fingerprint density at radius 1 is 1.21 bits per heavy atom. The van der Waals surface area contributed by atoms with Gasteiger partial charge in [0.05, 0.1) is 12.8 Å². The molecule has 0 atom stereocenters. The fourth-order valence-electron chi connectivity index (χ4n) is 2.64. The van der Waals surface area contributed by atoms with Crippen LogP contribution in [-0.4, -0.2) is 49.5 Å². The van der Waals surface area contributed by atoms with Gasteiger partial charge in [0, 0.05) is 17.7 Å². The zero-order valence-electron chi connectivity index (χ0n) is 15.5. The minimum atomic E-state index is -0.612. The number of nitrogens with zero attached hydrogens (tertiary/aromatic N) is 5. The van der Waals surface area contributed by atoms with Crippen molar-refractivity contribution in [2.45, 2.75) is 19.9 Å². The predicted molar refractivity (Wildman–Crippen MR) is 102 cm³/mol. The molecule has 0 aliphatic carbocycles. The van der Waals surface area contributed by atoms with Gasteiger partial charge in [-0.15, -0.1) is 5.10 Å². The van der Waals surface area contributed by atoms with Gasteiger partial charge in [0.2, 0.25) is 5.91 Å². The molecular weight excluding hydrogens is 360 g/mol. The summed E-state index contributed by atoms with van der Waals surface area (Å²) in [5.74, 6) is -0.232. The normalized spacial score (nSPS) is 11.6. The lowest BCUT2D eigenvalue weighted by Gasteiger charge is -2.26. The molecule has 0 aliphatic rings. The Morgan fingerprint density at radius 3 is 2.57 bits per heavy atom. The highest BCUT2D eigenvalue weighted by Crippen LogP contribution is 2.22. The van der Waals surface area contributed by atoms with Crippen LogP contribution in [0.2, 0.25) is 0 Å². The summed E-state index contributed by atoms with van der Waals surface area (Å²) in [5, 5.41) is 11.8. The van der Waals surface area contributed by atoms with E-state index in [4.69, 9.17) is 10.2 Å². The number of tetrazole rings is 1. The highest BCUT2D eigenvalue weighted by molar-refractivity contribution is 6.19. The molecule has 0 bridgehead atoms. The summed E-state index contributed by atoms with van der Waals surface area (Å²) in [6.45, 7) is 3.36. The number of carbonyl (C=O) groups is 2. The SMILES string of the molecule is CC(C)N(CC(N)=O)C(=O)C(=Cc1ccco1)n1nnnc1-c1ccccc1. The van der Waals surface area contributed by atoms with E-state index in [0.29, 0.717) is 11.6 Å². The smallest absolute Gasteiger partial charge is 0.273 e. The van der Waals surface area contributed by atoms with Crippen LogP contribution in [0.1, 0.15) is 19.6 Å². The molecule has 0 saturated carbocycles. The van der Waals surface area contributed by atoms with E-state index in [9.17, 15) is 9.59 Å². The largest absolute Gasteiger partial charge is 0.465 e. The van der Waals surface area contributed by atoms with Crippen LogP contribution >= 0.6 is 0 Å². The first-order valence-electron chi connectivity index (χ1n) is 8.66. The fraction of sp³-hybridized carbons (Fsp3) is 0.211. The molecule has 2 N–H and O–H groups in total. The number of amides is 2. The van der Waals surface area contributed by atoms with Gasteiger partial charge in [0.25, 0.3) is 5.91 Å². The Labute approximate surface area is 161 Å². The van der Waals surface area contributed by atoms with Crippen LogP contribution in [0.5, 0.6) is 0 Å². The first-order valence-corrected chi connectivity index (χ1v) is 8.66. The summed E-state index contributed by atoms with van der Waals surface area (Å²) in [4.78, 5) is 26.2. The maximum atomic E-state index is 13.3. The number of benzene rings is 1. The first kappa shape index (κ1) is 19.0. The van der Waals surface area contributed by atoms with Crippen LogP contribution in [0.3, 0.4) is 0 Å². The van der Waals surface area contributed by atoms with E-state index in [1.165, 1.54) is 21.9 Å². The van der Waals surface area contributed by atoms with Gasteiger partial charge in [0.15, 0.2) is 5.82 Å². The van der Waals surface area contributed by atoms with E-state index in [0.717, 1.165) is 5.56 Å². The predicted octanol–water partition coefficient (Wildman–Crippen LogP) is 1.65. The molecule has 0 aliphatic heterocycles. The van der Waals surface area contributed by atoms with Crippen molar-refractivity contribution in [3.63, 3.8) is 0 Å². The molecule has 9 heteroatoms. The summed E-state index contributed by atoms with van der Waals surface area (Å²) >= 11 is 0. The maximum Gasteiger partial charge on any atom is 0.273 e. The molecule has 144 valence electrons. The van der Waals surface area contributed by atoms with Gasteiger partial charge in [-0.25, -0.2) is 0 Å². The van der Waals surface area contributed by atoms with Crippen LogP contribution < -0.4 is 5.73 Å². The topological polar surface area (TPSA) is 120 Å². The summed E-state index contributed by atoms with van der Waals surface area (Å²) in [6.07, 6.45) is 3.02. The van der Waals surface area contributed by atoms with Crippen molar-refractivity contribution in [3.8, 4) is 11.4 Å². The summed E-state index contributed by atoms with van der Waals surface area (Å²) in [6, 6.07) is 12.4. The van der Waals surface area contributed by atoms with Crippen LogP contribution in [0.4, 0.5) is 0 Å². The van der Waals surface area contributed by atoms with E-state index in [1.54, 1.807) is 26.0 Å². The van der Waals surface area contributed by atoms with Gasteiger partial charge in [0.1, 0.15) is 11.5 Å². The van der Waals surface area contributed by atoms with Gasteiger partial charge >= 0.3 is 0 Å². The molecule has 0 radical (unpaired) electrons. The Kier molecular flexibility index (Phi) is 5.64. The number of primary amides is 1. The van der Waals surface area contributed by atoms with E-state index in [1.807, 2.05) is 30.3 Å². The first-order chi connectivity index (χ1) is 13.5. The molecule has 2 aromatic heterocycles. The highest BCUT2D eigenvalue weighted by Gasteiger charge is 2.27. The van der Waals surface area contributed by atoms with E-state index < -0.39 is 11.8 Å². The molecule has 0 spiro atoms. The maximum absolute atomic E-state index is 13.3. The standard InChI is InChI=1S/C19H20N6O3/c1-13(2)24(12-17(20)26)19(27)16(11-15-9-6-10-28-15)25-18(21-22-23-25)14-7-4-3-5-8-14/h3-11,13H,12H2,1-2H3,(H2,20,26). The second-order valence-corrected chi connectivity index (χ2v) is 6.32. The van der Waals surface area contributed by atoms with E-state index in [-0.39, 0.29) is 18.3 Å². The quantitative estimate of drug-likeness (QED) is 0.622. The average Bonchev–Trinajstić information content (AvgIpc) is 3.35. The number of furan rings is 1. The van der Waals surface area contributed by atoms with Gasteiger partial charge in [-0.3, -0.25) is 9.59 Å². The van der Waals surface area contributed by atoms with E-state index in [2.05, 4.69) is 15.5 Å². The molecule has 2 amide bonds. The molecule has 0 saturated heterocycles. The number of rotatable bonds is 7. The van der Waals surface area contributed by atoms with Crippen molar-refractivity contribution in [1.82, 2.24) is 25.1 Å². The van der Waals surface area contributed by atoms with Gasteiger partial charge in [-0.1, -0.05) is 30.3 Å². The van der Waals surface area contributed by atoms with Crippen molar-refractivity contribution in [3.05, 3.63) is 54.5 Å². The Hall–Kier alpha value is -3.75. The summed E-state index contributed by atoms with van der Waals surface area (Å²) in [5.41, 5.74) is 6.19. The number of aromatic nitrogens is 4. The minimum Gasteiger partial charge on any atom is -0.465 e. The van der Waals surface area contributed by atoms with Crippen molar-refractivity contribution >= 4 is 23.6 Å². The number of carbonyl (C=O) groups excluding carboxylic acids is 2. The Morgan fingerprint density at radius 2 is 1.96 bits per heavy atom. The lowest BCUT2D eigenvalue weighted by atomic mass is 10.2. The number of hydrogen-bond donors (Lipinski definition) is 1. The number of nitrogens with two attached hydrogens (primary N) is 1. The third-order valence-electron chi connectivity index (χ3n) is 3.98. The Bertz CT molecular complexity index is 976. The molecule has 0 fully saturated rings. The number of hydrogen-bond acceptors (Lipinski definition) is 6. The van der Waals surface area contributed by atoms with Crippen LogP contribution in [0.25, 0.3) is 23.2 Å². The van der Waals surface area contributed by atoms with Gasteiger partial charge < -0.3 is 15.1 Å². The lowest BCUT2D eigenvalue weighted by Crippen LogP contribution is -2.43. The van der Waals surface area contributed by atoms with E-state index >= 15 is 0 Å². The second kappa shape index (κ2) is 8.30. The second-order valence-electron chi connectivity index (χ2n) is 6.32. The molecule has 1 aromatic carbocycles. The fourth-order valence-corrected chi connectivity index (χ4v) is 2.64. The lowest BCUT2D eigenvalue weighted by molar-refractivity contribution is -0.132. The van der Waals surface area contributed by atoms with Crippen LogP contribution in [-0.2, 0) is 9.59 Å². The molecular formula is C19H20N6O3. The zero-order valence-corrected chi connectivity index (χ0v) is 15.5. The zero-order chi connectivity index (χ0) is 20.1. The molecule has 3 aromatic rings. The van der Waals surface area contributed by atoms with Crippen LogP contribution in [0, 0.1) is 0 Å².